The number of halogens is 1. The van der Waals surface area contributed by atoms with Crippen LogP contribution in [0.4, 0.5) is 0 Å². The molecule has 5 heteroatoms. The molecule has 0 unspecified atom stereocenters. The molecule has 0 aliphatic rings. The summed E-state index contributed by atoms with van der Waals surface area (Å²) in [6.07, 6.45) is 1.73. The van der Waals surface area contributed by atoms with Gasteiger partial charge in [-0.25, -0.2) is 4.79 Å². The van der Waals surface area contributed by atoms with Crippen LogP contribution in [0.1, 0.15) is 15.9 Å². The number of hydrogen-bond donors (Lipinski definition) is 0. The van der Waals surface area contributed by atoms with E-state index in [4.69, 9.17) is 16.3 Å². The SMILES string of the molecule is COC(=O)/C(=C/c1ccccc1)CSC(=O)c1ccc(Cl)cc1. The zero-order chi connectivity index (χ0) is 16.7. The lowest BCUT2D eigenvalue weighted by atomic mass is 10.1. The Morgan fingerprint density at radius 2 is 1.74 bits per heavy atom. The van der Waals surface area contributed by atoms with E-state index in [1.165, 1.54) is 7.11 Å². The molecule has 0 atom stereocenters. The third-order valence-corrected chi connectivity index (χ3v) is 4.23. The van der Waals surface area contributed by atoms with E-state index in [0.29, 0.717) is 16.2 Å². The first-order valence-electron chi connectivity index (χ1n) is 6.87. The van der Waals surface area contributed by atoms with E-state index in [9.17, 15) is 9.59 Å². The molecule has 0 aliphatic carbocycles. The summed E-state index contributed by atoms with van der Waals surface area (Å²) in [5.74, 6) is -0.200. The summed E-state index contributed by atoms with van der Waals surface area (Å²) >= 11 is 6.86. The maximum atomic E-state index is 12.2. The number of carbonyl (C=O) groups excluding carboxylic acids is 2. The third-order valence-electron chi connectivity index (χ3n) is 3.03. The van der Waals surface area contributed by atoms with Crippen LogP contribution in [0, 0.1) is 0 Å². The van der Waals surface area contributed by atoms with E-state index in [-0.39, 0.29) is 10.9 Å². The Hall–Kier alpha value is -2.04. The second kappa shape index (κ2) is 8.56. The molecule has 118 valence electrons. The van der Waals surface area contributed by atoms with Crippen LogP contribution in [0.2, 0.25) is 5.02 Å². The largest absolute Gasteiger partial charge is 0.466 e. The molecule has 0 fully saturated rings. The summed E-state index contributed by atoms with van der Waals surface area (Å²) in [7, 11) is 1.33. The van der Waals surface area contributed by atoms with Crippen molar-refractivity contribution in [3.05, 3.63) is 76.3 Å². The molecule has 0 saturated heterocycles. The molecule has 23 heavy (non-hydrogen) atoms. The monoisotopic (exact) mass is 346 g/mol. The lowest BCUT2D eigenvalue weighted by molar-refractivity contribution is -0.135. The van der Waals surface area contributed by atoms with Gasteiger partial charge in [0.1, 0.15) is 0 Å². The standard InChI is InChI=1S/C18H15ClO3S/c1-22-17(20)15(11-13-5-3-2-4-6-13)12-23-18(21)14-7-9-16(19)10-8-14/h2-11H,12H2,1H3/b15-11+. The summed E-state index contributed by atoms with van der Waals surface area (Å²) in [6.45, 7) is 0. The van der Waals surface area contributed by atoms with Crippen LogP contribution >= 0.6 is 23.4 Å². The lowest BCUT2D eigenvalue weighted by Gasteiger charge is -2.06. The minimum Gasteiger partial charge on any atom is -0.466 e. The van der Waals surface area contributed by atoms with Crippen LogP contribution < -0.4 is 0 Å². The summed E-state index contributed by atoms with van der Waals surface area (Å²) in [4.78, 5) is 24.0. The van der Waals surface area contributed by atoms with Crippen molar-refractivity contribution in [2.75, 3.05) is 12.9 Å². The van der Waals surface area contributed by atoms with Gasteiger partial charge in [0.15, 0.2) is 0 Å². The zero-order valence-corrected chi connectivity index (χ0v) is 14.1. The van der Waals surface area contributed by atoms with Gasteiger partial charge in [-0.1, -0.05) is 53.7 Å². The van der Waals surface area contributed by atoms with Crippen molar-refractivity contribution in [3.63, 3.8) is 0 Å². The van der Waals surface area contributed by atoms with E-state index < -0.39 is 5.97 Å². The van der Waals surface area contributed by atoms with Crippen molar-refractivity contribution in [2.24, 2.45) is 0 Å². The van der Waals surface area contributed by atoms with Gasteiger partial charge < -0.3 is 4.74 Å². The zero-order valence-electron chi connectivity index (χ0n) is 12.5. The highest BCUT2D eigenvalue weighted by Crippen LogP contribution is 2.19. The molecule has 0 aliphatic heterocycles. The highest BCUT2D eigenvalue weighted by molar-refractivity contribution is 8.14. The summed E-state index contributed by atoms with van der Waals surface area (Å²) in [5, 5.41) is 0.454. The summed E-state index contributed by atoms with van der Waals surface area (Å²) in [5.41, 5.74) is 1.86. The van der Waals surface area contributed by atoms with Crippen LogP contribution in [0.15, 0.2) is 60.2 Å². The van der Waals surface area contributed by atoms with Gasteiger partial charge in [-0.3, -0.25) is 4.79 Å². The number of ether oxygens (including phenoxy) is 1. The maximum absolute atomic E-state index is 12.2. The topological polar surface area (TPSA) is 43.4 Å². The summed E-state index contributed by atoms with van der Waals surface area (Å²) < 4.78 is 4.79. The predicted octanol–water partition coefficient (Wildman–Crippen LogP) is 4.47. The van der Waals surface area contributed by atoms with Crippen LogP contribution in [0.3, 0.4) is 0 Å². The molecule has 0 heterocycles. The van der Waals surface area contributed by atoms with Crippen molar-refractivity contribution in [2.45, 2.75) is 0 Å². The second-order valence-corrected chi connectivity index (χ2v) is 6.04. The molecule has 0 spiro atoms. The Morgan fingerprint density at radius 1 is 1.09 bits per heavy atom. The van der Waals surface area contributed by atoms with Gasteiger partial charge >= 0.3 is 5.97 Å². The number of rotatable bonds is 5. The Morgan fingerprint density at radius 3 is 2.35 bits per heavy atom. The quantitative estimate of drug-likeness (QED) is 0.591. The van der Waals surface area contributed by atoms with E-state index in [0.717, 1.165) is 17.3 Å². The van der Waals surface area contributed by atoms with Gasteiger partial charge in [-0.05, 0) is 35.9 Å². The first-order chi connectivity index (χ1) is 11.1. The molecule has 0 N–H and O–H groups in total. The van der Waals surface area contributed by atoms with Crippen molar-refractivity contribution < 1.29 is 14.3 Å². The summed E-state index contributed by atoms with van der Waals surface area (Å²) in [6, 6.07) is 16.1. The van der Waals surface area contributed by atoms with Crippen molar-refractivity contribution >= 4 is 40.5 Å². The van der Waals surface area contributed by atoms with E-state index in [2.05, 4.69) is 0 Å². The number of thioether (sulfide) groups is 1. The molecule has 2 aromatic carbocycles. The average Bonchev–Trinajstić information content (AvgIpc) is 2.59. The van der Waals surface area contributed by atoms with Crippen LogP contribution in [-0.4, -0.2) is 23.9 Å². The Balaban J connectivity index is 2.09. The predicted molar refractivity (Wildman–Crippen MR) is 94.7 cm³/mol. The number of benzene rings is 2. The van der Waals surface area contributed by atoms with Gasteiger partial charge in [-0.15, -0.1) is 0 Å². The molecule has 2 rings (SSSR count). The second-order valence-electron chi connectivity index (χ2n) is 4.65. The highest BCUT2D eigenvalue weighted by atomic mass is 35.5. The first kappa shape index (κ1) is 17.3. The van der Waals surface area contributed by atoms with E-state index >= 15 is 0 Å². The number of esters is 1. The van der Waals surface area contributed by atoms with Crippen LogP contribution in [0.25, 0.3) is 6.08 Å². The molecule has 0 saturated carbocycles. The van der Waals surface area contributed by atoms with Gasteiger partial charge in [-0.2, -0.15) is 0 Å². The lowest BCUT2D eigenvalue weighted by Crippen LogP contribution is -2.08. The minimum atomic E-state index is -0.440. The average molecular weight is 347 g/mol. The van der Waals surface area contributed by atoms with Gasteiger partial charge in [0.05, 0.1) is 7.11 Å². The Labute approximate surface area is 144 Å². The molecule has 2 aromatic rings. The molecular weight excluding hydrogens is 332 g/mol. The molecule has 0 aromatic heterocycles. The van der Waals surface area contributed by atoms with Crippen molar-refractivity contribution in [3.8, 4) is 0 Å². The first-order valence-corrected chi connectivity index (χ1v) is 8.23. The molecular formula is C18H15ClO3S. The smallest absolute Gasteiger partial charge is 0.334 e. The fourth-order valence-electron chi connectivity index (χ4n) is 1.85. The van der Waals surface area contributed by atoms with Crippen LogP contribution in [-0.2, 0) is 9.53 Å². The fraction of sp³-hybridized carbons (Fsp3) is 0.111. The van der Waals surface area contributed by atoms with E-state index in [1.807, 2.05) is 30.3 Å². The maximum Gasteiger partial charge on any atom is 0.334 e. The van der Waals surface area contributed by atoms with Crippen molar-refractivity contribution in [1.29, 1.82) is 0 Å². The van der Waals surface area contributed by atoms with Crippen molar-refractivity contribution in [1.82, 2.24) is 0 Å². The van der Waals surface area contributed by atoms with Gasteiger partial charge in [0.2, 0.25) is 5.12 Å². The van der Waals surface area contributed by atoms with Gasteiger partial charge in [0.25, 0.3) is 0 Å². The normalized spacial score (nSPS) is 11.1. The Kier molecular flexibility index (Phi) is 6.44. The molecule has 3 nitrogen and oxygen atoms in total. The molecule has 0 amide bonds. The molecule has 0 radical (unpaired) electrons. The molecule has 0 bridgehead atoms. The minimum absolute atomic E-state index is 0.121. The van der Waals surface area contributed by atoms with Gasteiger partial charge in [0, 0.05) is 21.9 Å². The highest BCUT2D eigenvalue weighted by Gasteiger charge is 2.14. The van der Waals surface area contributed by atoms with E-state index in [1.54, 1.807) is 30.3 Å². The fourth-order valence-corrected chi connectivity index (χ4v) is 2.77. The third kappa shape index (κ3) is 5.27. The van der Waals surface area contributed by atoms with Crippen LogP contribution in [0.5, 0.6) is 0 Å². The number of methoxy groups -OCH3 is 1. The number of hydrogen-bond acceptors (Lipinski definition) is 4. The Bertz CT molecular complexity index is 709. The number of carbonyl (C=O) groups is 2.